The van der Waals surface area contributed by atoms with Crippen LogP contribution in [0.1, 0.15) is 49.9 Å². The van der Waals surface area contributed by atoms with E-state index in [1.165, 1.54) is 17.5 Å². The van der Waals surface area contributed by atoms with Crippen molar-refractivity contribution in [3.05, 3.63) is 58.9 Å². The average Bonchev–Trinajstić information content (AvgIpc) is 3.53. The van der Waals surface area contributed by atoms with Crippen molar-refractivity contribution in [3.63, 3.8) is 0 Å². The molecule has 2 aromatic carbocycles. The summed E-state index contributed by atoms with van der Waals surface area (Å²) in [6.07, 6.45) is -2.47. The van der Waals surface area contributed by atoms with E-state index in [1.807, 2.05) is 6.07 Å². The lowest BCUT2D eigenvalue weighted by molar-refractivity contribution is -0.182. The number of halogens is 3. The van der Waals surface area contributed by atoms with E-state index in [0.29, 0.717) is 57.8 Å². The number of ether oxygens (including phenoxy) is 1. The summed E-state index contributed by atoms with van der Waals surface area (Å²) in [7, 11) is 0. The van der Waals surface area contributed by atoms with Crippen molar-refractivity contribution >= 4 is 43.8 Å². The molecule has 0 bridgehead atoms. The van der Waals surface area contributed by atoms with Crippen LogP contribution in [0.15, 0.2) is 42.0 Å². The fourth-order valence-corrected chi connectivity index (χ4v) is 7.00. The van der Waals surface area contributed by atoms with Gasteiger partial charge in [0.2, 0.25) is 0 Å². The minimum atomic E-state index is -4.50. The number of pyridine rings is 1. The third-order valence-corrected chi connectivity index (χ3v) is 9.84. The molecule has 0 unspecified atom stereocenters. The molecule has 1 aliphatic carbocycles. The number of nitriles is 2. The van der Waals surface area contributed by atoms with Gasteiger partial charge in [0.25, 0.3) is 0 Å². The van der Waals surface area contributed by atoms with Crippen molar-refractivity contribution in [3.8, 4) is 23.4 Å². The lowest BCUT2D eigenvalue weighted by Crippen LogP contribution is -2.44. The Balaban J connectivity index is 1.30. The van der Waals surface area contributed by atoms with E-state index in [0.717, 1.165) is 15.8 Å². The number of benzene rings is 2. The van der Waals surface area contributed by atoms with Crippen LogP contribution in [0.4, 0.5) is 24.5 Å². The van der Waals surface area contributed by atoms with Crippen LogP contribution in [-0.2, 0) is 16.8 Å². The highest BCUT2D eigenvalue weighted by atomic mass is 32.1. The van der Waals surface area contributed by atoms with Gasteiger partial charge in [-0.05, 0) is 37.5 Å². The number of nitrogens with one attached hydrogen (secondary N) is 2. The molecule has 46 heavy (non-hydrogen) atoms. The van der Waals surface area contributed by atoms with Gasteiger partial charge in [-0.25, -0.2) is 9.67 Å². The molecule has 2 fully saturated rings. The topological polar surface area (TPSA) is 137 Å². The maximum atomic E-state index is 14.4. The first-order chi connectivity index (χ1) is 22.1. The van der Waals surface area contributed by atoms with Crippen LogP contribution in [0.2, 0.25) is 0 Å². The average molecular weight is 644 g/mol. The number of thiazole rings is 1. The molecule has 3 aromatic heterocycles. The number of hydrogen-bond donors (Lipinski definition) is 2. The first-order valence-electron chi connectivity index (χ1n) is 14.8. The van der Waals surface area contributed by atoms with Gasteiger partial charge >= 0.3 is 6.18 Å². The minimum absolute atomic E-state index is 0.00322. The summed E-state index contributed by atoms with van der Waals surface area (Å²) in [6, 6.07) is 13.2. The van der Waals surface area contributed by atoms with Crippen LogP contribution in [0.25, 0.3) is 32.4 Å². The molecule has 0 spiro atoms. The quantitative estimate of drug-likeness (QED) is 0.198. The summed E-state index contributed by atoms with van der Waals surface area (Å²) in [5, 5.41) is 35.8. The Morgan fingerprint density at radius 3 is 2.65 bits per heavy atom. The van der Waals surface area contributed by atoms with Crippen LogP contribution in [0.3, 0.4) is 0 Å². The van der Waals surface area contributed by atoms with Gasteiger partial charge in [0.05, 0.1) is 56.9 Å². The van der Waals surface area contributed by atoms with E-state index in [2.05, 4.69) is 56.9 Å². The van der Waals surface area contributed by atoms with Crippen molar-refractivity contribution in [2.24, 2.45) is 5.41 Å². The SMILES string of the molecule is CC1(C)COCC[C@@H]1Nc1c(C#N)cnc2c(C#N)cc(NCc3nnn(C4(C(F)(F)F)CC4)c3-c3cccc4ncsc34)cc12. The summed E-state index contributed by atoms with van der Waals surface area (Å²) in [4.78, 5) is 8.78. The van der Waals surface area contributed by atoms with Gasteiger partial charge in [-0.15, -0.1) is 16.4 Å². The van der Waals surface area contributed by atoms with Crippen LogP contribution < -0.4 is 10.6 Å². The summed E-state index contributed by atoms with van der Waals surface area (Å²) >= 11 is 1.34. The highest BCUT2D eigenvalue weighted by Crippen LogP contribution is 2.56. The van der Waals surface area contributed by atoms with Crippen LogP contribution in [0.5, 0.6) is 0 Å². The maximum Gasteiger partial charge on any atom is 0.413 e. The second-order valence-corrected chi connectivity index (χ2v) is 13.3. The Bertz CT molecular complexity index is 2070. The van der Waals surface area contributed by atoms with Gasteiger partial charge in [0, 0.05) is 40.9 Å². The maximum absolute atomic E-state index is 14.4. The van der Waals surface area contributed by atoms with Crippen molar-refractivity contribution in [2.45, 2.75) is 57.4 Å². The van der Waals surface area contributed by atoms with Crippen LogP contribution >= 0.6 is 11.3 Å². The standard InChI is InChI=1S/C32H28F3N9OS/c1-30(2)16-45-9-6-25(30)41-27-19(13-37)14-39-26-18(12-36)10-20(11-22(26)27)38-15-24-28(21-4-3-5-23-29(21)46-17-40-23)44(43-42-24)31(7-8-31)32(33,34)35/h3-5,10-11,14,17,25,38H,6-9,15-16H2,1-2H3,(H,39,41)/t25-/m0/s1. The lowest BCUT2D eigenvalue weighted by atomic mass is 9.81. The van der Waals surface area contributed by atoms with E-state index >= 15 is 0 Å². The largest absolute Gasteiger partial charge is 0.413 e. The summed E-state index contributed by atoms with van der Waals surface area (Å²) in [5.41, 5.74) is 3.30. The molecule has 1 saturated carbocycles. The van der Waals surface area contributed by atoms with E-state index < -0.39 is 11.7 Å². The first kappa shape index (κ1) is 29.9. The number of aromatic nitrogens is 5. The highest BCUT2D eigenvalue weighted by Gasteiger charge is 2.66. The van der Waals surface area contributed by atoms with Gasteiger partial charge < -0.3 is 15.4 Å². The molecule has 1 saturated heterocycles. The molecule has 1 atom stereocenters. The number of anilines is 2. The smallest absolute Gasteiger partial charge is 0.381 e. The summed E-state index contributed by atoms with van der Waals surface area (Å²) < 4.78 is 50.5. The lowest BCUT2D eigenvalue weighted by Gasteiger charge is -2.39. The third-order valence-electron chi connectivity index (χ3n) is 8.97. The molecule has 0 amide bonds. The molecular weight excluding hydrogens is 615 g/mol. The summed E-state index contributed by atoms with van der Waals surface area (Å²) in [6.45, 7) is 5.34. The molecule has 5 aromatic rings. The minimum Gasteiger partial charge on any atom is -0.381 e. The normalized spacial score (nSPS) is 18.6. The predicted octanol–water partition coefficient (Wildman–Crippen LogP) is 6.74. The van der Waals surface area contributed by atoms with Crippen LogP contribution in [-0.4, -0.2) is 50.4 Å². The third kappa shape index (κ3) is 4.89. The van der Waals surface area contributed by atoms with Gasteiger partial charge in [-0.3, -0.25) is 4.98 Å². The van der Waals surface area contributed by atoms with E-state index in [9.17, 15) is 23.7 Å². The molecule has 234 valence electrons. The predicted molar refractivity (Wildman–Crippen MR) is 167 cm³/mol. The fourth-order valence-electron chi connectivity index (χ4n) is 6.19. The molecular formula is C32H28F3N9OS. The van der Waals surface area contributed by atoms with Gasteiger partial charge in [0.1, 0.15) is 17.8 Å². The van der Waals surface area contributed by atoms with Gasteiger partial charge in [-0.1, -0.05) is 31.2 Å². The Kier molecular flexibility index (Phi) is 7.10. The van der Waals surface area contributed by atoms with Crippen molar-refractivity contribution in [1.82, 2.24) is 25.0 Å². The van der Waals surface area contributed by atoms with E-state index in [-0.39, 0.29) is 42.1 Å². The van der Waals surface area contributed by atoms with Gasteiger partial charge in [-0.2, -0.15) is 23.7 Å². The molecule has 1 aliphatic heterocycles. The molecule has 2 aliphatic rings. The molecule has 7 rings (SSSR count). The zero-order valence-electron chi connectivity index (χ0n) is 24.9. The van der Waals surface area contributed by atoms with E-state index in [4.69, 9.17) is 4.74 Å². The number of nitrogens with zero attached hydrogens (tertiary/aromatic N) is 7. The second-order valence-electron chi connectivity index (χ2n) is 12.4. The van der Waals surface area contributed by atoms with Crippen molar-refractivity contribution in [1.29, 1.82) is 10.5 Å². The Hall–Kier alpha value is -4.79. The highest BCUT2D eigenvalue weighted by molar-refractivity contribution is 7.17. The second kappa shape index (κ2) is 10.9. The van der Waals surface area contributed by atoms with Crippen molar-refractivity contribution < 1.29 is 17.9 Å². The number of hydrogen-bond acceptors (Lipinski definition) is 10. The first-order valence-corrected chi connectivity index (χ1v) is 15.6. The molecule has 2 N–H and O–H groups in total. The molecule has 0 radical (unpaired) electrons. The Labute approximate surface area is 265 Å². The molecule has 4 heterocycles. The van der Waals surface area contributed by atoms with E-state index in [1.54, 1.807) is 29.8 Å². The van der Waals surface area contributed by atoms with Crippen molar-refractivity contribution in [2.75, 3.05) is 23.8 Å². The van der Waals surface area contributed by atoms with Crippen LogP contribution in [0, 0.1) is 28.1 Å². The Morgan fingerprint density at radius 1 is 1.13 bits per heavy atom. The van der Waals surface area contributed by atoms with Gasteiger partial charge in [0.15, 0.2) is 5.54 Å². The Morgan fingerprint density at radius 2 is 1.93 bits per heavy atom. The number of fused-ring (bicyclic) bond motifs is 2. The monoisotopic (exact) mass is 643 g/mol. The zero-order chi connectivity index (χ0) is 32.3. The molecule has 10 nitrogen and oxygen atoms in total. The number of alkyl halides is 3. The fraction of sp³-hybridized carbons (Fsp3) is 0.375. The number of rotatable bonds is 7. The summed E-state index contributed by atoms with van der Waals surface area (Å²) in [5.74, 6) is 0. The zero-order valence-corrected chi connectivity index (χ0v) is 25.8. The molecule has 14 heteroatoms.